The number of carbonyl (C=O) groups excluding carboxylic acids is 1. The quantitative estimate of drug-likeness (QED) is 0.756. The molecule has 0 bridgehead atoms. The van der Waals surface area contributed by atoms with Crippen LogP contribution in [0.25, 0.3) is 0 Å². The third-order valence-corrected chi connectivity index (χ3v) is 2.13. The van der Waals surface area contributed by atoms with Gasteiger partial charge in [-0.05, 0) is 19.1 Å². The fraction of sp³-hybridized carbons (Fsp3) is 0.500. The van der Waals surface area contributed by atoms with Crippen molar-refractivity contribution in [1.29, 1.82) is 0 Å². The Kier molecular flexibility index (Phi) is 3.71. The predicted octanol–water partition coefficient (Wildman–Crippen LogP) is 1.05. The fourth-order valence-electron chi connectivity index (χ4n) is 1.07. The summed E-state index contributed by atoms with van der Waals surface area (Å²) in [7, 11) is 0. The van der Waals surface area contributed by atoms with E-state index in [-0.39, 0.29) is 17.9 Å². The van der Waals surface area contributed by atoms with Crippen molar-refractivity contribution in [2.24, 2.45) is 11.7 Å². The molecule has 0 radical (unpaired) electrons. The fourth-order valence-corrected chi connectivity index (χ4v) is 1.07. The van der Waals surface area contributed by atoms with E-state index in [0.717, 1.165) is 5.76 Å². The van der Waals surface area contributed by atoms with Crippen LogP contribution in [0.5, 0.6) is 0 Å². The second-order valence-corrected chi connectivity index (χ2v) is 3.38. The summed E-state index contributed by atoms with van der Waals surface area (Å²) in [6.07, 6.45) is 1.59. The minimum absolute atomic E-state index is 0.0450. The first-order valence-electron chi connectivity index (χ1n) is 4.69. The maximum Gasteiger partial charge on any atom is 0.224 e. The highest BCUT2D eigenvalue weighted by molar-refractivity contribution is 5.78. The van der Waals surface area contributed by atoms with Gasteiger partial charge in [0.1, 0.15) is 5.76 Å². The van der Waals surface area contributed by atoms with Crippen LogP contribution in [0.4, 0.5) is 0 Å². The molecule has 14 heavy (non-hydrogen) atoms. The molecule has 0 aliphatic heterocycles. The van der Waals surface area contributed by atoms with Crippen molar-refractivity contribution in [3.8, 4) is 0 Å². The molecule has 3 N–H and O–H groups in total. The number of nitrogens with two attached hydrogens (primary N) is 1. The maximum atomic E-state index is 11.4. The average Bonchev–Trinajstić information content (AvgIpc) is 2.69. The average molecular weight is 196 g/mol. The van der Waals surface area contributed by atoms with Gasteiger partial charge in [0.2, 0.25) is 5.91 Å². The molecule has 2 atom stereocenters. The van der Waals surface area contributed by atoms with Crippen molar-refractivity contribution in [3.05, 3.63) is 24.2 Å². The molecule has 1 unspecified atom stereocenters. The molecule has 0 fully saturated rings. The normalized spacial score (nSPS) is 14.8. The van der Waals surface area contributed by atoms with Gasteiger partial charge in [-0.2, -0.15) is 0 Å². The van der Waals surface area contributed by atoms with Gasteiger partial charge in [-0.25, -0.2) is 0 Å². The first-order chi connectivity index (χ1) is 6.65. The molecule has 0 saturated carbocycles. The van der Waals surface area contributed by atoms with Crippen molar-refractivity contribution in [2.75, 3.05) is 6.54 Å². The molecule has 1 aromatic heterocycles. The molecule has 1 rings (SSSR count). The van der Waals surface area contributed by atoms with Crippen LogP contribution in [-0.2, 0) is 4.79 Å². The van der Waals surface area contributed by atoms with Gasteiger partial charge in [-0.3, -0.25) is 4.79 Å². The Morgan fingerprint density at radius 1 is 1.64 bits per heavy atom. The van der Waals surface area contributed by atoms with Crippen LogP contribution in [0.1, 0.15) is 25.6 Å². The van der Waals surface area contributed by atoms with E-state index in [4.69, 9.17) is 10.2 Å². The number of carbonyl (C=O) groups is 1. The van der Waals surface area contributed by atoms with Gasteiger partial charge in [0.15, 0.2) is 0 Å². The summed E-state index contributed by atoms with van der Waals surface area (Å²) in [5.41, 5.74) is 5.38. The zero-order chi connectivity index (χ0) is 10.6. The number of furan rings is 1. The Balaban J connectivity index is 2.49. The van der Waals surface area contributed by atoms with Gasteiger partial charge in [0.05, 0.1) is 12.3 Å². The lowest BCUT2D eigenvalue weighted by Crippen LogP contribution is -2.34. The molecule has 1 aromatic rings. The predicted molar refractivity (Wildman–Crippen MR) is 53.5 cm³/mol. The van der Waals surface area contributed by atoms with Gasteiger partial charge in [-0.1, -0.05) is 6.92 Å². The molecule has 0 aliphatic rings. The Morgan fingerprint density at radius 3 is 2.86 bits per heavy atom. The van der Waals surface area contributed by atoms with E-state index >= 15 is 0 Å². The topological polar surface area (TPSA) is 68.3 Å². The van der Waals surface area contributed by atoms with Crippen molar-refractivity contribution < 1.29 is 9.21 Å². The van der Waals surface area contributed by atoms with Gasteiger partial charge in [0.25, 0.3) is 0 Å². The largest absolute Gasteiger partial charge is 0.467 e. The highest BCUT2D eigenvalue weighted by atomic mass is 16.3. The Bertz CT molecular complexity index is 282. The first kappa shape index (κ1) is 10.8. The summed E-state index contributed by atoms with van der Waals surface area (Å²) < 4.78 is 5.16. The first-order valence-corrected chi connectivity index (χ1v) is 4.69. The van der Waals surface area contributed by atoms with Crippen molar-refractivity contribution >= 4 is 5.91 Å². The summed E-state index contributed by atoms with van der Waals surface area (Å²) in [4.78, 5) is 11.4. The molecule has 0 aromatic carbocycles. The van der Waals surface area contributed by atoms with E-state index in [1.54, 1.807) is 19.3 Å². The summed E-state index contributed by atoms with van der Waals surface area (Å²) >= 11 is 0. The van der Waals surface area contributed by atoms with Crippen LogP contribution < -0.4 is 11.1 Å². The van der Waals surface area contributed by atoms with Crippen LogP contribution >= 0.6 is 0 Å². The molecule has 4 nitrogen and oxygen atoms in total. The third-order valence-electron chi connectivity index (χ3n) is 2.13. The van der Waals surface area contributed by atoms with Gasteiger partial charge < -0.3 is 15.5 Å². The minimum Gasteiger partial charge on any atom is -0.467 e. The van der Waals surface area contributed by atoms with E-state index in [1.165, 1.54) is 0 Å². The molecule has 0 spiro atoms. The summed E-state index contributed by atoms with van der Waals surface area (Å²) in [5.74, 6) is 0.548. The highest BCUT2D eigenvalue weighted by Gasteiger charge is 2.15. The lowest BCUT2D eigenvalue weighted by molar-refractivity contribution is -0.125. The Hall–Kier alpha value is -1.29. The molecular weight excluding hydrogens is 180 g/mol. The van der Waals surface area contributed by atoms with Crippen LogP contribution in [-0.4, -0.2) is 12.5 Å². The molecule has 78 valence electrons. The van der Waals surface area contributed by atoms with Gasteiger partial charge in [-0.15, -0.1) is 0 Å². The minimum atomic E-state index is -0.160. The second-order valence-electron chi connectivity index (χ2n) is 3.38. The van der Waals surface area contributed by atoms with E-state index in [9.17, 15) is 4.79 Å². The van der Waals surface area contributed by atoms with E-state index in [1.807, 2.05) is 13.0 Å². The molecule has 1 heterocycles. The second kappa shape index (κ2) is 4.81. The SMILES string of the molecule is CC(CN)C(=O)N[C@@H](C)c1ccco1. The van der Waals surface area contributed by atoms with E-state index < -0.39 is 0 Å². The zero-order valence-corrected chi connectivity index (χ0v) is 8.49. The number of nitrogens with one attached hydrogen (secondary N) is 1. The number of rotatable bonds is 4. The van der Waals surface area contributed by atoms with Gasteiger partial charge in [0, 0.05) is 12.5 Å². The summed E-state index contributed by atoms with van der Waals surface area (Å²) in [6.45, 7) is 4.03. The van der Waals surface area contributed by atoms with Gasteiger partial charge >= 0.3 is 0 Å². The van der Waals surface area contributed by atoms with Crippen LogP contribution in [0, 0.1) is 5.92 Å². The maximum absolute atomic E-state index is 11.4. The van der Waals surface area contributed by atoms with Crippen molar-refractivity contribution in [3.63, 3.8) is 0 Å². The van der Waals surface area contributed by atoms with Crippen LogP contribution in [0.3, 0.4) is 0 Å². The van der Waals surface area contributed by atoms with Crippen LogP contribution in [0.2, 0.25) is 0 Å². The lowest BCUT2D eigenvalue weighted by atomic mass is 10.1. The number of amides is 1. The molecule has 1 amide bonds. The Labute approximate surface area is 83.5 Å². The Morgan fingerprint density at radius 2 is 2.36 bits per heavy atom. The standard InChI is InChI=1S/C10H16N2O2/c1-7(6-11)10(13)12-8(2)9-4-3-5-14-9/h3-5,7-8H,6,11H2,1-2H3,(H,12,13)/t7?,8-/m0/s1. The van der Waals surface area contributed by atoms with Crippen molar-refractivity contribution in [1.82, 2.24) is 5.32 Å². The number of hydrogen-bond acceptors (Lipinski definition) is 3. The monoisotopic (exact) mass is 196 g/mol. The van der Waals surface area contributed by atoms with Crippen LogP contribution in [0.15, 0.2) is 22.8 Å². The smallest absolute Gasteiger partial charge is 0.224 e. The summed E-state index contributed by atoms with van der Waals surface area (Å²) in [5, 5.41) is 2.82. The molecule has 0 aliphatic carbocycles. The van der Waals surface area contributed by atoms with Crippen molar-refractivity contribution in [2.45, 2.75) is 19.9 Å². The third kappa shape index (κ3) is 2.60. The lowest BCUT2D eigenvalue weighted by Gasteiger charge is -2.14. The molecule has 4 heteroatoms. The van der Waals surface area contributed by atoms with E-state index in [0.29, 0.717) is 6.54 Å². The number of hydrogen-bond donors (Lipinski definition) is 2. The van der Waals surface area contributed by atoms with E-state index in [2.05, 4.69) is 5.32 Å². The highest BCUT2D eigenvalue weighted by Crippen LogP contribution is 2.12. The summed E-state index contributed by atoms with van der Waals surface area (Å²) in [6, 6.07) is 3.52. The molecular formula is C10H16N2O2. The molecule has 0 saturated heterocycles. The zero-order valence-electron chi connectivity index (χ0n) is 8.49.